The fourth-order valence-electron chi connectivity index (χ4n) is 3.79. The van der Waals surface area contributed by atoms with Gasteiger partial charge in [-0.25, -0.2) is 8.42 Å². The highest BCUT2D eigenvalue weighted by molar-refractivity contribution is 7.89. The highest BCUT2D eigenvalue weighted by Gasteiger charge is 2.31. The number of anilines is 1. The van der Waals surface area contributed by atoms with E-state index in [1.54, 1.807) is 37.3 Å². The van der Waals surface area contributed by atoms with Crippen LogP contribution in [0.5, 0.6) is 11.5 Å². The van der Waals surface area contributed by atoms with Crippen molar-refractivity contribution in [2.24, 2.45) is 0 Å². The molecule has 1 fully saturated rings. The molecule has 0 unspecified atom stereocenters. The van der Waals surface area contributed by atoms with Crippen molar-refractivity contribution >= 4 is 27.5 Å². The summed E-state index contributed by atoms with van der Waals surface area (Å²) in [6, 6.07) is 11.1. The van der Waals surface area contributed by atoms with Gasteiger partial charge in [-0.15, -0.1) is 0 Å². The molecule has 0 aliphatic carbocycles. The number of amides is 2. The number of rotatable bonds is 7. The molecule has 1 saturated heterocycles. The Hall–Kier alpha value is -3.15. The van der Waals surface area contributed by atoms with E-state index in [1.165, 1.54) is 21.3 Å². The summed E-state index contributed by atoms with van der Waals surface area (Å²) >= 11 is 0. The summed E-state index contributed by atoms with van der Waals surface area (Å²) in [4.78, 5) is 27.2. The minimum atomic E-state index is -3.89. The first-order valence-corrected chi connectivity index (χ1v) is 12.5. The lowest BCUT2D eigenvalue weighted by molar-refractivity contribution is -0.116. The van der Waals surface area contributed by atoms with E-state index < -0.39 is 21.8 Å². The van der Waals surface area contributed by atoms with Gasteiger partial charge in [0.05, 0.1) is 23.7 Å². The maximum Gasteiger partial charge on any atom is 0.255 e. The number of carbonyl (C=O) groups is 2. The van der Waals surface area contributed by atoms with Crippen LogP contribution in [0.25, 0.3) is 0 Å². The van der Waals surface area contributed by atoms with Crippen LogP contribution in [0.1, 0.15) is 17.3 Å². The maximum absolute atomic E-state index is 13.3. The Kier molecular flexibility index (Phi) is 7.35. The van der Waals surface area contributed by atoms with Crippen molar-refractivity contribution in [3.8, 4) is 11.5 Å². The molecule has 2 aliphatic rings. The van der Waals surface area contributed by atoms with Gasteiger partial charge in [0.2, 0.25) is 15.9 Å². The number of ether oxygens (including phenoxy) is 3. The van der Waals surface area contributed by atoms with E-state index in [-0.39, 0.29) is 36.6 Å². The molecular weight excluding hydrogens is 462 g/mol. The third-order valence-corrected chi connectivity index (χ3v) is 7.49. The van der Waals surface area contributed by atoms with E-state index >= 15 is 0 Å². The number of likely N-dealkylation sites (N-methyl/N-ethyl adjacent to an activating group) is 1. The molecule has 182 valence electrons. The highest BCUT2D eigenvalue weighted by Crippen LogP contribution is 2.32. The van der Waals surface area contributed by atoms with Gasteiger partial charge in [0.15, 0.2) is 11.5 Å². The molecule has 2 aromatic carbocycles. The van der Waals surface area contributed by atoms with Gasteiger partial charge in [-0.3, -0.25) is 9.59 Å². The van der Waals surface area contributed by atoms with E-state index in [0.29, 0.717) is 43.6 Å². The summed E-state index contributed by atoms with van der Waals surface area (Å²) in [5, 5.41) is 2.75. The van der Waals surface area contributed by atoms with Crippen LogP contribution in [-0.4, -0.2) is 82.0 Å². The first kappa shape index (κ1) is 24.0. The highest BCUT2D eigenvalue weighted by atomic mass is 32.2. The quantitative estimate of drug-likeness (QED) is 0.628. The Bertz CT molecular complexity index is 1160. The lowest BCUT2D eigenvalue weighted by atomic mass is 10.2. The Morgan fingerprint density at radius 3 is 2.44 bits per heavy atom. The fourth-order valence-corrected chi connectivity index (χ4v) is 5.38. The van der Waals surface area contributed by atoms with E-state index in [1.807, 2.05) is 0 Å². The second kappa shape index (κ2) is 10.4. The van der Waals surface area contributed by atoms with Crippen LogP contribution in [0.2, 0.25) is 0 Å². The first-order valence-electron chi connectivity index (χ1n) is 11.1. The van der Waals surface area contributed by atoms with Crippen molar-refractivity contribution in [1.82, 2.24) is 9.21 Å². The van der Waals surface area contributed by atoms with E-state index in [2.05, 4.69) is 5.32 Å². The largest absolute Gasteiger partial charge is 0.486 e. The maximum atomic E-state index is 13.3. The van der Waals surface area contributed by atoms with Crippen molar-refractivity contribution in [3.63, 3.8) is 0 Å². The van der Waals surface area contributed by atoms with Crippen LogP contribution in [0.15, 0.2) is 47.4 Å². The molecule has 10 nitrogen and oxygen atoms in total. The molecule has 0 aromatic heterocycles. The normalized spacial score (nSPS) is 16.0. The predicted molar refractivity (Wildman–Crippen MR) is 124 cm³/mol. The third kappa shape index (κ3) is 5.16. The van der Waals surface area contributed by atoms with Gasteiger partial charge in [0, 0.05) is 31.4 Å². The standard InChI is InChI=1S/C23H27N3O7S/c1-2-25(16-22(27)24-17-7-8-19-20(15-17)33-14-13-32-19)23(28)18-5-3-4-6-21(18)34(29,30)26-9-11-31-12-10-26/h3-8,15H,2,9-14,16H2,1H3,(H,24,27). The third-order valence-electron chi connectivity index (χ3n) is 5.53. The molecule has 0 radical (unpaired) electrons. The summed E-state index contributed by atoms with van der Waals surface area (Å²) in [6.07, 6.45) is 0. The van der Waals surface area contributed by atoms with Crippen LogP contribution < -0.4 is 14.8 Å². The molecular formula is C23H27N3O7S. The average Bonchev–Trinajstić information content (AvgIpc) is 2.87. The fraction of sp³-hybridized carbons (Fsp3) is 0.391. The van der Waals surface area contributed by atoms with Gasteiger partial charge in [0.1, 0.15) is 19.8 Å². The average molecular weight is 490 g/mol. The van der Waals surface area contributed by atoms with Crippen LogP contribution in [0.4, 0.5) is 5.69 Å². The molecule has 2 aromatic rings. The number of benzene rings is 2. The molecule has 1 N–H and O–H groups in total. The van der Waals surface area contributed by atoms with Crippen molar-refractivity contribution in [1.29, 1.82) is 0 Å². The first-order chi connectivity index (χ1) is 16.4. The van der Waals surface area contributed by atoms with Crippen LogP contribution in [0.3, 0.4) is 0 Å². The summed E-state index contributed by atoms with van der Waals surface area (Å²) in [7, 11) is -3.89. The minimum Gasteiger partial charge on any atom is -0.486 e. The van der Waals surface area contributed by atoms with Crippen molar-refractivity contribution in [2.45, 2.75) is 11.8 Å². The van der Waals surface area contributed by atoms with Gasteiger partial charge in [-0.1, -0.05) is 12.1 Å². The Balaban J connectivity index is 1.49. The van der Waals surface area contributed by atoms with Gasteiger partial charge in [-0.2, -0.15) is 4.31 Å². The number of nitrogens with one attached hydrogen (secondary N) is 1. The molecule has 0 atom stereocenters. The number of fused-ring (bicyclic) bond motifs is 1. The number of sulfonamides is 1. The zero-order valence-electron chi connectivity index (χ0n) is 18.9. The topological polar surface area (TPSA) is 114 Å². The number of hydrogen-bond acceptors (Lipinski definition) is 7. The summed E-state index contributed by atoms with van der Waals surface area (Å²) in [5.74, 6) is 0.190. The summed E-state index contributed by atoms with van der Waals surface area (Å²) in [5.41, 5.74) is 0.538. The summed E-state index contributed by atoms with van der Waals surface area (Å²) in [6.45, 7) is 3.65. The van der Waals surface area contributed by atoms with E-state index in [4.69, 9.17) is 14.2 Å². The number of morpholine rings is 1. The molecule has 34 heavy (non-hydrogen) atoms. The molecule has 0 bridgehead atoms. The Labute approximate surface area is 198 Å². The Morgan fingerprint density at radius 2 is 1.71 bits per heavy atom. The van der Waals surface area contributed by atoms with E-state index in [9.17, 15) is 18.0 Å². The summed E-state index contributed by atoms with van der Waals surface area (Å²) < 4.78 is 44.0. The number of carbonyl (C=O) groups excluding carboxylic acids is 2. The van der Waals surface area contributed by atoms with Crippen LogP contribution >= 0.6 is 0 Å². The van der Waals surface area contributed by atoms with Gasteiger partial charge in [-0.05, 0) is 31.2 Å². The smallest absolute Gasteiger partial charge is 0.255 e. The molecule has 4 rings (SSSR count). The molecule has 0 saturated carbocycles. The molecule has 2 amide bonds. The van der Waals surface area contributed by atoms with Gasteiger partial charge < -0.3 is 24.4 Å². The lowest BCUT2D eigenvalue weighted by Gasteiger charge is -2.27. The molecule has 0 spiro atoms. The van der Waals surface area contributed by atoms with Gasteiger partial charge >= 0.3 is 0 Å². The zero-order valence-corrected chi connectivity index (χ0v) is 19.7. The van der Waals surface area contributed by atoms with Crippen molar-refractivity contribution in [2.75, 3.05) is 57.9 Å². The van der Waals surface area contributed by atoms with Crippen molar-refractivity contribution < 1.29 is 32.2 Å². The number of hydrogen-bond donors (Lipinski definition) is 1. The van der Waals surface area contributed by atoms with Gasteiger partial charge in [0.25, 0.3) is 5.91 Å². The van der Waals surface area contributed by atoms with Crippen LogP contribution in [-0.2, 0) is 19.6 Å². The SMILES string of the molecule is CCN(CC(=O)Nc1ccc2c(c1)OCCO2)C(=O)c1ccccc1S(=O)(=O)N1CCOCC1. The molecule has 11 heteroatoms. The number of nitrogens with zero attached hydrogens (tertiary/aromatic N) is 2. The second-order valence-electron chi connectivity index (χ2n) is 7.74. The zero-order chi connectivity index (χ0) is 24.1. The Morgan fingerprint density at radius 1 is 1.00 bits per heavy atom. The van der Waals surface area contributed by atoms with E-state index in [0.717, 1.165) is 0 Å². The van der Waals surface area contributed by atoms with Crippen LogP contribution in [0, 0.1) is 0 Å². The lowest BCUT2D eigenvalue weighted by Crippen LogP contribution is -2.42. The molecule has 2 aliphatic heterocycles. The van der Waals surface area contributed by atoms with Crippen molar-refractivity contribution in [3.05, 3.63) is 48.0 Å². The molecule has 2 heterocycles. The predicted octanol–water partition coefficient (Wildman–Crippen LogP) is 1.58. The minimum absolute atomic E-state index is 0.0305. The monoisotopic (exact) mass is 489 g/mol. The second-order valence-corrected chi connectivity index (χ2v) is 9.64.